The van der Waals surface area contributed by atoms with E-state index in [0.717, 1.165) is 24.0 Å². The van der Waals surface area contributed by atoms with Crippen LogP contribution in [-0.2, 0) is 10.0 Å². The number of nitrogens with one attached hydrogen (secondary N) is 3. The average Bonchev–Trinajstić information content (AvgIpc) is 3.60. The van der Waals surface area contributed by atoms with E-state index in [4.69, 9.17) is 0 Å². The first-order chi connectivity index (χ1) is 15.7. The van der Waals surface area contributed by atoms with Crippen molar-refractivity contribution in [3.63, 3.8) is 0 Å². The lowest BCUT2D eigenvalue weighted by atomic mass is 10.1. The van der Waals surface area contributed by atoms with E-state index >= 15 is 0 Å². The van der Waals surface area contributed by atoms with Crippen LogP contribution in [0.25, 0.3) is 0 Å². The molecule has 3 aromatic carbocycles. The number of rotatable bonds is 7. The lowest BCUT2D eigenvalue weighted by molar-refractivity contribution is 0.0949. The second-order valence-corrected chi connectivity index (χ2v) is 9.92. The largest absolute Gasteiger partial charge is 0.349 e. The van der Waals surface area contributed by atoms with Crippen LogP contribution in [0.3, 0.4) is 0 Å². The number of anilines is 2. The Morgan fingerprint density at radius 3 is 2.24 bits per heavy atom. The number of carbonyl (C=O) groups excluding carboxylic acids is 2. The van der Waals surface area contributed by atoms with Crippen LogP contribution >= 0.6 is 0 Å². The van der Waals surface area contributed by atoms with E-state index in [9.17, 15) is 18.0 Å². The molecule has 0 saturated heterocycles. The molecule has 0 aliphatic heterocycles. The molecule has 1 aliphatic rings. The summed E-state index contributed by atoms with van der Waals surface area (Å²) < 4.78 is 28.4. The number of aryl methyl sites for hydroxylation is 2. The van der Waals surface area contributed by atoms with Crippen molar-refractivity contribution in [1.29, 1.82) is 0 Å². The van der Waals surface area contributed by atoms with E-state index in [1.54, 1.807) is 30.3 Å². The second-order valence-electron chi connectivity index (χ2n) is 8.23. The van der Waals surface area contributed by atoms with Gasteiger partial charge in [0.05, 0.1) is 10.6 Å². The summed E-state index contributed by atoms with van der Waals surface area (Å²) in [7, 11) is -3.88. The fourth-order valence-electron chi connectivity index (χ4n) is 3.37. The van der Waals surface area contributed by atoms with Gasteiger partial charge in [0.15, 0.2) is 0 Å². The lowest BCUT2D eigenvalue weighted by Gasteiger charge is -2.12. The van der Waals surface area contributed by atoms with Crippen LogP contribution in [0.4, 0.5) is 11.4 Å². The first-order valence-corrected chi connectivity index (χ1v) is 12.1. The molecule has 0 heterocycles. The summed E-state index contributed by atoms with van der Waals surface area (Å²) in [5.74, 6) is -0.655. The van der Waals surface area contributed by atoms with Crippen LogP contribution < -0.4 is 15.4 Å². The maximum atomic E-state index is 12.9. The predicted molar refractivity (Wildman–Crippen MR) is 128 cm³/mol. The summed E-state index contributed by atoms with van der Waals surface area (Å²) in [6, 6.07) is 18.1. The monoisotopic (exact) mass is 463 g/mol. The third-order valence-corrected chi connectivity index (χ3v) is 6.69. The van der Waals surface area contributed by atoms with Gasteiger partial charge in [-0.3, -0.25) is 14.3 Å². The lowest BCUT2D eigenvalue weighted by Crippen LogP contribution is -2.25. The topological polar surface area (TPSA) is 104 Å². The van der Waals surface area contributed by atoms with Gasteiger partial charge in [-0.2, -0.15) is 0 Å². The molecule has 33 heavy (non-hydrogen) atoms. The standard InChI is InChI=1S/C25H25N3O4S/c1-16-9-12-23(17(2)13-16)28-33(31,32)22-8-4-6-19(15-22)25(30)27-21-7-3-5-18(14-21)24(29)26-20-10-11-20/h3-9,12-15,20,28H,10-11H2,1-2H3,(H,26,29)(H,27,30). The van der Waals surface area contributed by atoms with Gasteiger partial charge < -0.3 is 10.6 Å². The quantitative estimate of drug-likeness (QED) is 0.487. The van der Waals surface area contributed by atoms with Crippen molar-refractivity contribution in [2.75, 3.05) is 10.0 Å². The summed E-state index contributed by atoms with van der Waals surface area (Å²) in [6.45, 7) is 3.76. The van der Waals surface area contributed by atoms with Gasteiger partial charge in [-0.15, -0.1) is 0 Å². The Hall–Kier alpha value is -3.65. The summed E-state index contributed by atoms with van der Waals surface area (Å²) in [5, 5.41) is 5.64. The summed E-state index contributed by atoms with van der Waals surface area (Å²) in [4.78, 5) is 25.0. The maximum Gasteiger partial charge on any atom is 0.261 e. The Balaban J connectivity index is 1.50. The number of carbonyl (C=O) groups is 2. The molecule has 0 spiro atoms. The number of amides is 2. The minimum Gasteiger partial charge on any atom is -0.349 e. The van der Waals surface area contributed by atoms with Crippen molar-refractivity contribution in [3.8, 4) is 0 Å². The van der Waals surface area contributed by atoms with E-state index in [1.165, 1.54) is 24.3 Å². The Kier molecular flexibility index (Phi) is 6.20. The van der Waals surface area contributed by atoms with E-state index in [1.807, 2.05) is 26.0 Å². The highest BCUT2D eigenvalue weighted by Gasteiger charge is 2.24. The second kappa shape index (κ2) is 9.07. The normalized spacial score (nSPS) is 13.3. The van der Waals surface area contributed by atoms with Crippen molar-refractivity contribution in [2.24, 2.45) is 0 Å². The first kappa shape index (κ1) is 22.5. The van der Waals surface area contributed by atoms with Crippen molar-refractivity contribution in [1.82, 2.24) is 5.32 Å². The van der Waals surface area contributed by atoms with E-state index in [0.29, 0.717) is 16.9 Å². The van der Waals surface area contributed by atoms with Gasteiger partial charge in [-0.05, 0) is 74.7 Å². The Bertz CT molecular complexity index is 1330. The van der Waals surface area contributed by atoms with Crippen LogP contribution in [0.2, 0.25) is 0 Å². The third kappa shape index (κ3) is 5.59. The molecule has 1 saturated carbocycles. The molecule has 8 heteroatoms. The van der Waals surface area contributed by atoms with Crippen molar-refractivity contribution >= 4 is 33.2 Å². The van der Waals surface area contributed by atoms with Gasteiger partial charge in [-0.25, -0.2) is 8.42 Å². The van der Waals surface area contributed by atoms with Crippen molar-refractivity contribution < 1.29 is 18.0 Å². The van der Waals surface area contributed by atoms with E-state index in [2.05, 4.69) is 15.4 Å². The van der Waals surface area contributed by atoms with Gasteiger partial charge in [0, 0.05) is 22.9 Å². The van der Waals surface area contributed by atoms with Crippen molar-refractivity contribution in [3.05, 3.63) is 89.0 Å². The van der Waals surface area contributed by atoms with Gasteiger partial charge >= 0.3 is 0 Å². The Morgan fingerprint density at radius 2 is 1.55 bits per heavy atom. The van der Waals surface area contributed by atoms with Crippen LogP contribution in [0.15, 0.2) is 71.6 Å². The molecule has 0 atom stereocenters. The molecule has 0 bridgehead atoms. The van der Waals surface area contributed by atoms with Gasteiger partial charge in [0.2, 0.25) is 0 Å². The summed E-state index contributed by atoms with van der Waals surface area (Å²) in [5.41, 5.74) is 3.41. The highest BCUT2D eigenvalue weighted by Crippen LogP contribution is 2.22. The van der Waals surface area contributed by atoms with Crippen LogP contribution in [0, 0.1) is 13.8 Å². The van der Waals surface area contributed by atoms with Crippen LogP contribution in [0.1, 0.15) is 44.7 Å². The van der Waals surface area contributed by atoms with Gasteiger partial charge in [0.1, 0.15) is 0 Å². The molecule has 3 N–H and O–H groups in total. The van der Waals surface area contributed by atoms with Gasteiger partial charge in [0.25, 0.3) is 21.8 Å². The van der Waals surface area contributed by atoms with E-state index in [-0.39, 0.29) is 22.4 Å². The Labute approximate surface area is 193 Å². The fraction of sp³-hybridized carbons (Fsp3) is 0.200. The third-order valence-electron chi connectivity index (χ3n) is 5.33. The fourth-order valence-corrected chi connectivity index (χ4v) is 4.55. The zero-order chi connectivity index (χ0) is 23.6. The summed E-state index contributed by atoms with van der Waals surface area (Å²) >= 11 is 0. The molecule has 0 radical (unpaired) electrons. The molecule has 7 nitrogen and oxygen atoms in total. The zero-order valence-corrected chi connectivity index (χ0v) is 19.2. The molecule has 3 aromatic rings. The molecule has 1 aliphatic carbocycles. The highest BCUT2D eigenvalue weighted by molar-refractivity contribution is 7.92. The number of hydrogen-bond acceptors (Lipinski definition) is 4. The molecular formula is C25H25N3O4S. The number of benzene rings is 3. The predicted octanol–water partition coefficient (Wildman–Crippen LogP) is 4.25. The minimum absolute atomic E-state index is 0.0207. The Morgan fingerprint density at radius 1 is 0.848 bits per heavy atom. The van der Waals surface area contributed by atoms with Gasteiger partial charge in [-0.1, -0.05) is 29.8 Å². The molecule has 2 amide bonds. The van der Waals surface area contributed by atoms with Crippen LogP contribution in [0.5, 0.6) is 0 Å². The molecule has 4 rings (SSSR count). The summed E-state index contributed by atoms with van der Waals surface area (Å²) in [6.07, 6.45) is 1.97. The minimum atomic E-state index is -3.88. The molecule has 1 fully saturated rings. The number of sulfonamides is 1. The SMILES string of the molecule is Cc1ccc(NS(=O)(=O)c2cccc(C(=O)Nc3cccc(C(=O)NC4CC4)c3)c2)c(C)c1. The number of hydrogen-bond donors (Lipinski definition) is 3. The smallest absolute Gasteiger partial charge is 0.261 e. The average molecular weight is 464 g/mol. The van der Waals surface area contributed by atoms with Crippen LogP contribution in [-0.4, -0.2) is 26.3 Å². The first-order valence-electron chi connectivity index (χ1n) is 10.6. The highest BCUT2D eigenvalue weighted by atomic mass is 32.2. The van der Waals surface area contributed by atoms with E-state index < -0.39 is 15.9 Å². The molecule has 0 aromatic heterocycles. The zero-order valence-electron chi connectivity index (χ0n) is 18.4. The molecule has 0 unspecified atom stereocenters. The molecule has 170 valence electrons. The molecular weight excluding hydrogens is 438 g/mol. The maximum absolute atomic E-state index is 12.9. The van der Waals surface area contributed by atoms with Crippen molar-refractivity contribution in [2.45, 2.75) is 37.6 Å².